The summed E-state index contributed by atoms with van der Waals surface area (Å²) in [6.07, 6.45) is 2.19. The van der Waals surface area contributed by atoms with E-state index in [1.807, 2.05) is 20.8 Å². The molecule has 0 atom stereocenters. The summed E-state index contributed by atoms with van der Waals surface area (Å²) in [6, 6.07) is 0.493. The van der Waals surface area contributed by atoms with Crippen LogP contribution in [0.25, 0.3) is 0 Å². The third kappa shape index (κ3) is 2.21. The van der Waals surface area contributed by atoms with Crippen molar-refractivity contribution < 1.29 is 9.47 Å². The molecule has 1 aliphatic carbocycles. The van der Waals surface area contributed by atoms with Crippen LogP contribution < -0.4 is 5.32 Å². The molecule has 1 heterocycles. The van der Waals surface area contributed by atoms with Gasteiger partial charge in [0, 0.05) is 6.04 Å². The fourth-order valence-corrected chi connectivity index (χ4v) is 1.90. The molecule has 2 fully saturated rings. The Labute approximate surface area is 85.5 Å². The predicted octanol–water partition coefficient (Wildman–Crippen LogP) is 1.79. The van der Waals surface area contributed by atoms with Crippen LogP contribution in [-0.4, -0.2) is 23.9 Å². The molecule has 0 unspecified atom stereocenters. The molecule has 0 aromatic heterocycles. The van der Waals surface area contributed by atoms with Crippen LogP contribution >= 0.6 is 0 Å². The van der Waals surface area contributed by atoms with Crippen LogP contribution in [0.5, 0.6) is 0 Å². The van der Waals surface area contributed by atoms with Crippen molar-refractivity contribution in [2.75, 3.05) is 6.61 Å². The number of ether oxygens (including phenoxy) is 2. The van der Waals surface area contributed by atoms with Gasteiger partial charge in [0.05, 0.1) is 12.2 Å². The molecule has 1 saturated carbocycles. The average Bonchev–Trinajstić information content (AvgIpc) is 2.60. The van der Waals surface area contributed by atoms with Crippen molar-refractivity contribution in [1.29, 1.82) is 0 Å². The van der Waals surface area contributed by atoms with E-state index in [1.54, 1.807) is 0 Å². The number of epoxide rings is 1. The molecule has 14 heavy (non-hydrogen) atoms. The molecule has 3 heteroatoms. The maximum absolute atomic E-state index is 5.59. The molecule has 2 rings (SSSR count). The van der Waals surface area contributed by atoms with Crippen LogP contribution in [0.15, 0.2) is 12.5 Å². The monoisotopic (exact) mass is 197 g/mol. The topological polar surface area (TPSA) is 33.8 Å². The van der Waals surface area contributed by atoms with E-state index in [0.717, 1.165) is 19.4 Å². The molecule has 1 saturated heterocycles. The highest BCUT2D eigenvalue weighted by Gasteiger charge is 2.55. The van der Waals surface area contributed by atoms with Gasteiger partial charge in [0.25, 0.3) is 0 Å². The Morgan fingerprint density at radius 2 is 2.07 bits per heavy atom. The minimum Gasteiger partial charge on any atom is -0.474 e. The van der Waals surface area contributed by atoms with E-state index in [4.69, 9.17) is 9.47 Å². The maximum Gasteiger partial charge on any atom is 0.180 e. The van der Waals surface area contributed by atoms with Crippen LogP contribution in [0, 0.1) is 0 Å². The summed E-state index contributed by atoms with van der Waals surface area (Å²) in [4.78, 5) is 0. The van der Waals surface area contributed by atoms with Gasteiger partial charge in [0.1, 0.15) is 5.60 Å². The highest BCUT2D eigenvalue weighted by molar-refractivity contribution is 5.09. The van der Waals surface area contributed by atoms with Crippen molar-refractivity contribution in [1.82, 2.24) is 5.32 Å². The van der Waals surface area contributed by atoms with Gasteiger partial charge >= 0.3 is 0 Å². The highest BCUT2D eigenvalue weighted by Crippen LogP contribution is 2.46. The predicted molar refractivity (Wildman–Crippen MR) is 54.8 cm³/mol. The number of hydrogen-bond acceptors (Lipinski definition) is 3. The zero-order chi connectivity index (χ0) is 10.4. The standard InChI is InChI=1S/C11H19NO2/c1-8(14-10(2,3)4)12-9-5-11(6-9)7-13-11/h9,12H,1,5-7H2,2-4H3. The summed E-state index contributed by atoms with van der Waals surface area (Å²) in [5, 5.41) is 3.27. The van der Waals surface area contributed by atoms with E-state index < -0.39 is 0 Å². The molecule has 1 spiro atoms. The average molecular weight is 197 g/mol. The van der Waals surface area contributed by atoms with E-state index in [0.29, 0.717) is 11.9 Å². The van der Waals surface area contributed by atoms with Crippen LogP contribution in [0.3, 0.4) is 0 Å². The van der Waals surface area contributed by atoms with Gasteiger partial charge in [-0.2, -0.15) is 0 Å². The summed E-state index contributed by atoms with van der Waals surface area (Å²) in [6.45, 7) is 10.9. The first-order chi connectivity index (χ1) is 6.39. The molecule has 80 valence electrons. The maximum atomic E-state index is 5.59. The first-order valence-corrected chi connectivity index (χ1v) is 5.17. The quantitative estimate of drug-likeness (QED) is 0.553. The Kier molecular flexibility index (Phi) is 2.03. The van der Waals surface area contributed by atoms with Crippen molar-refractivity contribution in [2.24, 2.45) is 0 Å². The molecule has 0 amide bonds. The summed E-state index contributed by atoms with van der Waals surface area (Å²) in [5.41, 5.74) is 0.0846. The smallest absolute Gasteiger partial charge is 0.180 e. The Balaban J connectivity index is 1.68. The van der Waals surface area contributed by atoms with Gasteiger partial charge in [-0.25, -0.2) is 0 Å². The van der Waals surface area contributed by atoms with Crippen molar-refractivity contribution >= 4 is 0 Å². The van der Waals surface area contributed by atoms with E-state index in [-0.39, 0.29) is 11.2 Å². The molecule has 2 aliphatic rings. The summed E-state index contributed by atoms with van der Waals surface area (Å²) >= 11 is 0. The van der Waals surface area contributed by atoms with Crippen molar-refractivity contribution in [2.45, 2.75) is 50.9 Å². The number of hydrogen-bond donors (Lipinski definition) is 1. The summed E-state index contributed by atoms with van der Waals surface area (Å²) in [5.74, 6) is 0.679. The highest BCUT2D eigenvalue weighted by atomic mass is 16.6. The molecule has 1 N–H and O–H groups in total. The Bertz CT molecular complexity index is 243. The van der Waals surface area contributed by atoms with Gasteiger partial charge in [0.2, 0.25) is 0 Å². The second kappa shape index (κ2) is 2.89. The third-order valence-corrected chi connectivity index (χ3v) is 2.58. The second-order valence-corrected chi connectivity index (χ2v) is 5.36. The first-order valence-electron chi connectivity index (χ1n) is 5.17. The molecule has 3 nitrogen and oxygen atoms in total. The van der Waals surface area contributed by atoms with Gasteiger partial charge in [-0.15, -0.1) is 0 Å². The van der Waals surface area contributed by atoms with Crippen LogP contribution in [0.1, 0.15) is 33.6 Å². The van der Waals surface area contributed by atoms with Crippen LogP contribution in [-0.2, 0) is 9.47 Å². The largest absolute Gasteiger partial charge is 0.474 e. The lowest BCUT2D eigenvalue weighted by atomic mass is 9.80. The molecule has 0 radical (unpaired) electrons. The van der Waals surface area contributed by atoms with Gasteiger partial charge < -0.3 is 14.8 Å². The Morgan fingerprint density at radius 3 is 2.50 bits per heavy atom. The SMILES string of the molecule is C=C(NC1CC2(CO2)C1)OC(C)(C)C. The number of nitrogens with one attached hydrogen (secondary N) is 1. The fourth-order valence-electron chi connectivity index (χ4n) is 1.90. The Morgan fingerprint density at radius 1 is 1.50 bits per heavy atom. The summed E-state index contributed by atoms with van der Waals surface area (Å²) < 4.78 is 10.9. The van der Waals surface area contributed by atoms with Gasteiger partial charge in [0.15, 0.2) is 5.88 Å². The van der Waals surface area contributed by atoms with Gasteiger partial charge in [-0.3, -0.25) is 0 Å². The van der Waals surface area contributed by atoms with E-state index in [9.17, 15) is 0 Å². The zero-order valence-electron chi connectivity index (χ0n) is 9.22. The van der Waals surface area contributed by atoms with Crippen molar-refractivity contribution in [3.05, 3.63) is 12.5 Å². The molecule has 1 aliphatic heterocycles. The van der Waals surface area contributed by atoms with Gasteiger partial charge in [-0.1, -0.05) is 0 Å². The fraction of sp³-hybridized carbons (Fsp3) is 0.818. The minimum absolute atomic E-state index is 0.165. The lowest BCUT2D eigenvalue weighted by Crippen LogP contribution is -2.47. The molecule has 0 aromatic carbocycles. The molecular weight excluding hydrogens is 178 g/mol. The zero-order valence-corrected chi connectivity index (χ0v) is 9.22. The van der Waals surface area contributed by atoms with E-state index in [2.05, 4.69) is 11.9 Å². The molecule has 0 bridgehead atoms. The van der Waals surface area contributed by atoms with Crippen LogP contribution in [0.2, 0.25) is 0 Å². The molecular formula is C11H19NO2. The molecule has 0 aromatic rings. The summed E-state index contributed by atoms with van der Waals surface area (Å²) in [7, 11) is 0. The lowest BCUT2D eigenvalue weighted by Gasteiger charge is -2.35. The van der Waals surface area contributed by atoms with E-state index >= 15 is 0 Å². The minimum atomic E-state index is -0.165. The normalized spacial score (nSPS) is 34.9. The van der Waals surface area contributed by atoms with Gasteiger partial charge in [-0.05, 0) is 40.2 Å². The lowest BCUT2D eigenvalue weighted by molar-refractivity contribution is 0.0291. The Hall–Kier alpha value is -0.700. The second-order valence-electron chi connectivity index (χ2n) is 5.36. The van der Waals surface area contributed by atoms with Crippen molar-refractivity contribution in [3.8, 4) is 0 Å². The first kappa shape index (κ1) is 9.84. The number of rotatable bonds is 3. The third-order valence-electron chi connectivity index (χ3n) is 2.58. The van der Waals surface area contributed by atoms with E-state index in [1.165, 1.54) is 0 Å². The van der Waals surface area contributed by atoms with Crippen LogP contribution in [0.4, 0.5) is 0 Å². The van der Waals surface area contributed by atoms with Crippen molar-refractivity contribution in [3.63, 3.8) is 0 Å².